The van der Waals surface area contributed by atoms with Gasteiger partial charge in [0.05, 0.1) is 19.3 Å². The van der Waals surface area contributed by atoms with E-state index in [1.165, 1.54) is 0 Å². The number of rotatable bonds is 2. The van der Waals surface area contributed by atoms with Crippen LogP contribution in [0.1, 0.15) is 0 Å². The third-order valence-corrected chi connectivity index (χ3v) is 3.61. The number of aliphatic hydroxyl groups excluding tert-OH is 5. The summed E-state index contributed by atoms with van der Waals surface area (Å²) in [5.41, 5.74) is -0.931. The summed E-state index contributed by atoms with van der Waals surface area (Å²) in [4.78, 5) is 0. The summed E-state index contributed by atoms with van der Waals surface area (Å²) in [5, 5.41) is 47.8. The molecule has 21 heavy (non-hydrogen) atoms. The van der Waals surface area contributed by atoms with Crippen molar-refractivity contribution in [2.75, 3.05) is 13.2 Å². The van der Waals surface area contributed by atoms with E-state index in [-0.39, 0.29) is 13.2 Å². The Balaban J connectivity index is 0.00000106. The Bertz CT molecular complexity index is 284. The quantitative estimate of drug-likeness (QED) is 0.194. The van der Waals surface area contributed by atoms with Gasteiger partial charge in [-0.1, -0.05) is 0 Å². The van der Waals surface area contributed by atoms with Crippen LogP contribution >= 0.6 is 0 Å². The summed E-state index contributed by atoms with van der Waals surface area (Å²) in [5.74, 6) is 0. The van der Waals surface area contributed by atoms with Crippen LogP contribution in [0.15, 0.2) is 0 Å². The van der Waals surface area contributed by atoms with Crippen LogP contribution in [0.5, 0.6) is 0 Å². The number of ether oxygens (including phenoxy) is 3. The third kappa shape index (κ3) is 4.97. The summed E-state index contributed by atoms with van der Waals surface area (Å²) in [7, 11) is 0. The summed E-state index contributed by atoms with van der Waals surface area (Å²) in [6.45, 7) is -0.281. The van der Waals surface area contributed by atoms with Crippen LogP contribution in [0.3, 0.4) is 0 Å². The van der Waals surface area contributed by atoms with E-state index in [0.717, 1.165) is 26.1 Å². The molecule has 2 heterocycles. The fraction of sp³-hybridized carbons (Fsp3) is 1.00. The standard InChI is InChI=1S/C10H18O8S.CH3.Hg/c11-3-1-16-9(7(14)5(3)12)18-4-2-17-10(19)8(15)6(4)13;;/h3-15,19H,1-2H2;1H3;/q;;+1/p-1/t3-,4-,5+,6+,7-,8-,9+,10+;;/m1../s1. The topological polar surface area (TPSA) is 129 Å². The van der Waals surface area contributed by atoms with Crippen LogP contribution in [0.4, 0.5) is 0 Å². The van der Waals surface area contributed by atoms with E-state index in [4.69, 9.17) is 26.8 Å². The Morgan fingerprint density at radius 3 is 2.14 bits per heavy atom. The Hall–Kier alpha value is 0.965. The molecule has 8 atom stereocenters. The zero-order valence-electron chi connectivity index (χ0n) is 11.6. The number of aliphatic hydroxyl groups is 5. The molecule has 0 bridgehead atoms. The minimum atomic E-state index is -1.46. The maximum atomic E-state index is 9.77. The van der Waals surface area contributed by atoms with Gasteiger partial charge in [0, 0.05) is 0 Å². The van der Waals surface area contributed by atoms with Crippen LogP contribution in [0.25, 0.3) is 0 Å². The van der Waals surface area contributed by atoms with E-state index in [2.05, 4.69) is 4.43 Å². The molecule has 0 spiro atoms. The van der Waals surface area contributed by atoms with Gasteiger partial charge in [0.15, 0.2) is 6.29 Å². The second-order valence-corrected chi connectivity index (χ2v) is 5.07. The molecule has 2 aliphatic heterocycles. The molecule has 10 heteroatoms. The Labute approximate surface area is 144 Å². The van der Waals surface area contributed by atoms with E-state index < -0.39 is 48.3 Å². The molecule has 0 saturated carbocycles. The van der Waals surface area contributed by atoms with Gasteiger partial charge in [-0.15, -0.1) is 0 Å². The van der Waals surface area contributed by atoms with Gasteiger partial charge in [-0.2, -0.15) is 0 Å². The van der Waals surface area contributed by atoms with E-state index in [0.29, 0.717) is 0 Å². The van der Waals surface area contributed by atoms with Gasteiger partial charge in [0.2, 0.25) is 0 Å². The van der Waals surface area contributed by atoms with Crippen molar-refractivity contribution in [2.24, 2.45) is 0 Å². The maximum absolute atomic E-state index is 9.77. The summed E-state index contributed by atoms with van der Waals surface area (Å²) in [6, 6.07) is 0. The zero-order valence-corrected chi connectivity index (χ0v) is 17.9. The van der Waals surface area contributed by atoms with Crippen molar-refractivity contribution < 1.29 is 65.9 Å². The first-order valence-corrected chi connectivity index (χ1v) is 12.5. The van der Waals surface area contributed by atoms with Gasteiger partial charge in [-0.05, 0) is 5.44 Å². The van der Waals surface area contributed by atoms with Crippen molar-refractivity contribution in [2.45, 2.75) is 52.8 Å². The summed E-state index contributed by atoms with van der Waals surface area (Å²) >= 11 is 5.79. The molecule has 0 aromatic carbocycles. The molecular weight excluding hydrogens is 493 g/mol. The normalized spacial score (nSPS) is 47.5. The van der Waals surface area contributed by atoms with Crippen LogP contribution < -0.4 is 0 Å². The fourth-order valence-corrected chi connectivity index (χ4v) is 2.20. The summed E-state index contributed by atoms with van der Waals surface area (Å²) < 4.78 is 17.5. The average molecular weight is 513 g/mol. The van der Waals surface area contributed by atoms with Crippen molar-refractivity contribution in [3.63, 3.8) is 0 Å². The predicted octanol–water partition coefficient (Wildman–Crippen LogP) is -2.98. The second-order valence-electron chi connectivity index (χ2n) is 4.61. The van der Waals surface area contributed by atoms with Crippen LogP contribution in [-0.2, 0) is 53.0 Å². The zero-order chi connectivity index (χ0) is 16.2. The van der Waals surface area contributed by atoms with Crippen molar-refractivity contribution in [3.8, 4) is 0 Å². The van der Waals surface area contributed by atoms with Gasteiger partial charge >= 0.3 is 30.6 Å². The Morgan fingerprint density at radius 1 is 0.905 bits per heavy atom. The van der Waals surface area contributed by atoms with Crippen LogP contribution in [-0.4, -0.2) is 87.1 Å². The number of hydrogen-bond acceptors (Lipinski definition) is 9. The third-order valence-electron chi connectivity index (χ3n) is 3.20. The van der Waals surface area contributed by atoms with Crippen molar-refractivity contribution in [1.82, 2.24) is 0 Å². The van der Waals surface area contributed by atoms with Crippen LogP contribution in [0, 0.1) is 0 Å². The molecule has 0 aromatic heterocycles. The molecule has 2 aliphatic rings. The number of hydrogen-bond donors (Lipinski definition) is 5. The van der Waals surface area contributed by atoms with E-state index >= 15 is 0 Å². The Morgan fingerprint density at radius 2 is 1.52 bits per heavy atom. The molecule has 2 fully saturated rings. The van der Waals surface area contributed by atoms with Crippen molar-refractivity contribution >= 4 is 12.6 Å². The van der Waals surface area contributed by atoms with Crippen molar-refractivity contribution in [3.05, 3.63) is 0 Å². The van der Waals surface area contributed by atoms with Crippen LogP contribution in [0.2, 0.25) is 4.43 Å². The molecule has 5 N–H and O–H groups in total. The van der Waals surface area contributed by atoms with Gasteiger partial charge in [0.1, 0.15) is 30.5 Å². The molecule has 120 valence electrons. The molecule has 0 radical (unpaired) electrons. The monoisotopic (exact) mass is 514 g/mol. The molecule has 2 saturated heterocycles. The first-order chi connectivity index (χ1) is 9.91. The van der Waals surface area contributed by atoms with E-state index in [1.54, 1.807) is 0 Å². The molecular formula is C11H20HgO8S. The van der Waals surface area contributed by atoms with Gasteiger partial charge in [-0.25, -0.2) is 0 Å². The molecule has 2 rings (SSSR count). The average Bonchev–Trinajstić information content (AvgIpc) is 2.50. The molecule has 0 aromatic rings. The Kier molecular flexibility index (Phi) is 8.87. The van der Waals surface area contributed by atoms with E-state index in [9.17, 15) is 25.5 Å². The SMILES string of the molecule is O[C@@H]1[C@@H](O)[C@H](O[C@@H]2CO[C@@H]([S-])[C@H](O)[C@H]2O)OC[C@H]1O.[CH3][Hg+]. The summed E-state index contributed by atoms with van der Waals surface area (Å²) in [6.07, 6.45) is -8.82. The molecule has 0 aliphatic carbocycles. The first kappa shape index (κ1) is 20.0. The van der Waals surface area contributed by atoms with Gasteiger partial charge in [0.25, 0.3) is 0 Å². The first-order valence-electron chi connectivity index (χ1n) is 6.57. The van der Waals surface area contributed by atoms with Gasteiger partial charge in [-0.3, -0.25) is 0 Å². The fourth-order valence-electron chi connectivity index (χ4n) is 1.96. The minimum absolute atomic E-state index is 0.0718. The van der Waals surface area contributed by atoms with E-state index in [1.807, 2.05) is 0 Å². The molecule has 0 amide bonds. The molecule has 0 unspecified atom stereocenters. The second kappa shape index (κ2) is 9.31. The van der Waals surface area contributed by atoms with Crippen molar-refractivity contribution in [1.29, 1.82) is 0 Å². The van der Waals surface area contributed by atoms with Gasteiger partial charge < -0.3 is 52.4 Å². The molecule has 8 nitrogen and oxygen atoms in total. The predicted molar refractivity (Wildman–Crippen MR) is 67.6 cm³/mol.